The van der Waals surface area contributed by atoms with Gasteiger partial charge in [-0.15, -0.1) is 0 Å². The maximum absolute atomic E-state index is 7.22. The minimum atomic E-state index is 0.485. The number of aromatic nitrogens is 4. The lowest BCUT2D eigenvalue weighted by Gasteiger charge is -2.04. The molecule has 0 radical (unpaired) electrons. The summed E-state index contributed by atoms with van der Waals surface area (Å²) in [7, 11) is 0. The Hall–Kier alpha value is -3.10. The second-order valence-corrected chi connectivity index (χ2v) is 5.48. The van der Waals surface area contributed by atoms with Crippen molar-refractivity contribution in [3.8, 4) is 22.4 Å². The van der Waals surface area contributed by atoms with E-state index in [2.05, 4.69) is 20.0 Å². The molecule has 0 aliphatic carbocycles. The van der Waals surface area contributed by atoms with Crippen LogP contribution in [0.4, 0.5) is 5.82 Å². The molecule has 0 atom stereocenters. The van der Waals surface area contributed by atoms with E-state index in [1.807, 2.05) is 42.6 Å². The Morgan fingerprint density at radius 2 is 1.83 bits per heavy atom. The molecule has 0 amide bonds. The highest BCUT2D eigenvalue weighted by Gasteiger charge is 2.13. The van der Waals surface area contributed by atoms with Crippen molar-refractivity contribution in [3.05, 3.63) is 71.4 Å². The van der Waals surface area contributed by atoms with E-state index in [4.69, 9.17) is 18.2 Å². The molecule has 0 unspecified atom stereocenters. The molecule has 0 spiro atoms. The van der Waals surface area contributed by atoms with Gasteiger partial charge in [-0.2, -0.15) is 5.10 Å². The molecule has 0 saturated carbocycles. The number of pyridine rings is 1. The van der Waals surface area contributed by atoms with Crippen LogP contribution in [0, 0.1) is 6.57 Å². The Morgan fingerprint density at radius 3 is 2.61 bits per heavy atom. The zero-order valence-electron chi connectivity index (χ0n) is 11.9. The van der Waals surface area contributed by atoms with Gasteiger partial charge in [-0.1, -0.05) is 30.3 Å². The lowest BCUT2D eigenvalue weighted by Crippen LogP contribution is -1.87. The first-order valence-electron chi connectivity index (χ1n) is 6.90. The summed E-state index contributed by atoms with van der Waals surface area (Å²) in [5, 5.41) is 7.89. The second-order valence-electron chi connectivity index (χ2n) is 5.04. The summed E-state index contributed by atoms with van der Waals surface area (Å²) < 4.78 is 1.78. The van der Waals surface area contributed by atoms with Gasteiger partial charge in [0.2, 0.25) is 5.65 Å². The number of hydrogen-bond acceptors (Lipinski definition) is 2. The number of fused-ring (bicyclic) bond motifs is 1. The van der Waals surface area contributed by atoms with Crippen LogP contribution >= 0.6 is 11.6 Å². The smallest absolute Gasteiger partial charge is 0.254 e. The first kappa shape index (κ1) is 13.6. The zero-order chi connectivity index (χ0) is 15.8. The van der Waals surface area contributed by atoms with Crippen molar-refractivity contribution in [1.82, 2.24) is 19.6 Å². The van der Waals surface area contributed by atoms with Gasteiger partial charge in [0.05, 0.1) is 24.3 Å². The molecular weight excluding hydrogens is 310 g/mol. The molecule has 0 aliphatic heterocycles. The molecule has 0 bridgehead atoms. The molecule has 110 valence electrons. The summed E-state index contributed by atoms with van der Waals surface area (Å²) in [4.78, 5) is 7.70. The Labute approximate surface area is 137 Å². The summed E-state index contributed by atoms with van der Waals surface area (Å²) in [6, 6.07) is 11.4. The number of rotatable bonds is 2. The van der Waals surface area contributed by atoms with E-state index >= 15 is 0 Å². The summed E-state index contributed by atoms with van der Waals surface area (Å²) in [5.74, 6) is 0.485. The standard InChI is InChI=1S/C17H10ClN5/c1-19-16-9-20-15-7-4-12(10-23(15)16)14-8-21-22-17(14)11-2-5-13(18)6-3-11/h2-10H,(H,21,22). The maximum Gasteiger partial charge on any atom is 0.254 e. The number of nitrogens with one attached hydrogen (secondary N) is 1. The van der Waals surface area contributed by atoms with Crippen LogP contribution in [-0.4, -0.2) is 19.6 Å². The van der Waals surface area contributed by atoms with Crippen LogP contribution in [0.5, 0.6) is 0 Å². The summed E-state index contributed by atoms with van der Waals surface area (Å²) in [6.07, 6.45) is 5.25. The third-order valence-electron chi connectivity index (χ3n) is 3.68. The number of aromatic amines is 1. The molecule has 0 aliphatic rings. The van der Waals surface area contributed by atoms with Crippen molar-refractivity contribution < 1.29 is 0 Å². The van der Waals surface area contributed by atoms with E-state index in [0.717, 1.165) is 28.0 Å². The molecule has 0 saturated heterocycles. The summed E-state index contributed by atoms with van der Waals surface area (Å²) in [6.45, 7) is 7.22. The Morgan fingerprint density at radius 1 is 1.04 bits per heavy atom. The molecule has 3 heterocycles. The van der Waals surface area contributed by atoms with Crippen LogP contribution in [0.15, 0.2) is 55.0 Å². The fourth-order valence-electron chi connectivity index (χ4n) is 2.55. The van der Waals surface area contributed by atoms with Crippen LogP contribution < -0.4 is 0 Å². The van der Waals surface area contributed by atoms with Crippen LogP contribution in [0.1, 0.15) is 0 Å². The third-order valence-corrected chi connectivity index (χ3v) is 3.94. The first-order chi connectivity index (χ1) is 11.3. The fourth-order valence-corrected chi connectivity index (χ4v) is 2.68. The van der Waals surface area contributed by atoms with Crippen LogP contribution in [0.2, 0.25) is 5.02 Å². The van der Waals surface area contributed by atoms with E-state index < -0.39 is 0 Å². The Kier molecular flexibility index (Phi) is 3.11. The molecule has 5 nitrogen and oxygen atoms in total. The molecule has 4 aromatic rings. The number of halogens is 1. The first-order valence-corrected chi connectivity index (χ1v) is 7.28. The van der Waals surface area contributed by atoms with Crippen molar-refractivity contribution in [1.29, 1.82) is 0 Å². The predicted molar refractivity (Wildman–Crippen MR) is 89.5 cm³/mol. The summed E-state index contributed by atoms with van der Waals surface area (Å²) in [5.41, 5.74) is 4.57. The van der Waals surface area contributed by atoms with Gasteiger partial charge in [-0.05, 0) is 18.2 Å². The monoisotopic (exact) mass is 319 g/mol. The highest BCUT2D eigenvalue weighted by Crippen LogP contribution is 2.31. The van der Waals surface area contributed by atoms with Crippen molar-refractivity contribution in [2.45, 2.75) is 0 Å². The summed E-state index contributed by atoms with van der Waals surface area (Å²) >= 11 is 5.95. The minimum absolute atomic E-state index is 0.485. The number of hydrogen-bond donors (Lipinski definition) is 1. The van der Waals surface area contributed by atoms with Crippen molar-refractivity contribution in [2.24, 2.45) is 0 Å². The van der Waals surface area contributed by atoms with Gasteiger partial charge in [-0.25, -0.2) is 9.38 Å². The lowest BCUT2D eigenvalue weighted by atomic mass is 10.0. The van der Waals surface area contributed by atoms with Crippen molar-refractivity contribution in [2.75, 3.05) is 0 Å². The molecular formula is C17H10ClN5. The van der Waals surface area contributed by atoms with E-state index in [1.165, 1.54) is 0 Å². The molecule has 6 heteroatoms. The zero-order valence-corrected chi connectivity index (χ0v) is 12.6. The average Bonchev–Trinajstić information content (AvgIpc) is 3.21. The molecule has 3 aromatic heterocycles. The lowest BCUT2D eigenvalue weighted by molar-refractivity contribution is 1.10. The largest absolute Gasteiger partial charge is 0.362 e. The second kappa shape index (κ2) is 5.27. The van der Waals surface area contributed by atoms with Gasteiger partial charge in [0.1, 0.15) is 0 Å². The van der Waals surface area contributed by atoms with E-state index in [1.54, 1.807) is 16.8 Å². The van der Waals surface area contributed by atoms with Gasteiger partial charge >= 0.3 is 0 Å². The normalized spacial score (nSPS) is 10.8. The number of benzene rings is 1. The van der Waals surface area contributed by atoms with E-state index in [-0.39, 0.29) is 0 Å². The molecule has 0 fully saturated rings. The van der Waals surface area contributed by atoms with Crippen LogP contribution in [-0.2, 0) is 0 Å². The molecule has 4 rings (SSSR count). The van der Waals surface area contributed by atoms with Gasteiger partial charge in [0, 0.05) is 27.8 Å². The van der Waals surface area contributed by atoms with Gasteiger partial charge in [0.25, 0.3) is 5.82 Å². The Balaban J connectivity index is 1.87. The average molecular weight is 320 g/mol. The SMILES string of the molecule is [C-]#[N+]c1cnc2ccc(-c3cn[nH]c3-c3ccc(Cl)cc3)cn12. The minimum Gasteiger partial charge on any atom is -0.362 e. The number of H-pyrrole nitrogens is 1. The van der Waals surface area contributed by atoms with Gasteiger partial charge < -0.3 is 4.85 Å². The van der Waals surface area contributed by atoms with Crippen molar-refractivity contribution in [3.63, 3.8) is 0 Å². The highest BCUT2D eigenvalue weighted by atomic mass is 35.5. The molecule has 1 aromatic carbocycles. The van der Waals surface area contributed by atoms with E-state index in [0.29, 0.717) is 10.8 Å². The van der Waals surface area contributed by atoms with Crippen LogP contribution in [0.3, 0.4) is 0 Å². The number of imidazole rings is 1. The molecule has 1 N–H and O–H groups in total. The van der Waals surface area contributed by atoms with Crippen molar-refractivity contribution >= 4 is 23.1 Å². The number of nitrogens with zero attached hydrogens (tertiary/aromatic N) is 4. The highest BCUT2D eigenvalue weighted by molar-refractivity contribution is 6.30. The molecule has 23 heavy (non-hydrogen) atoms. The Bertz CT molecular complexity index is 1040. The third kappa shape index (κ3) is 2.26. The van der Waals surface area contributed by atoms with E-state index in [9.17, 15) is 0 Å². The topological polar surface area (TPSA) is 50.3 Å². The van der Waals surface area contributed by atoms with Gasteiger partial charge in [-0.3, -0.25) is 5.10 Å². The maximum atomic E-state index is 7.22. The van der Waals surface area contributed by atoms with Gasteiger partial charge in [0.15, 0.2) is 0 Å². The fraction of sp³-hybridized carbons (Fsp3) is 0. The predicted octanol–water partition coefficient (Wildman–Crippen LogP) is 4.60. The van der Waals surface area contributed by atoms with Crippen LogP contribution in [0.25, 0.3) is 32.9 Å². The quantitative estimate of drug-likeness (QED) is 0.549.